The molecular formula is C17H24N4. The summed E-state index contributed by atoms with van der Waals surface area (Å²) < 4.78 is 0. The van der Waals surface area contributed by atoms with Gasteiger partial charge in [0, 0.05) is 39.6 Å². The van der Waals surface area contributed by atoms with Crippen molar-refractivity contribution in [1.82, 2.24) is 5.43 Å². The third-order valence-corrected chi connectivity index (χ3v) is 3.65. The zero-order chi connectivity index (χ0) is 15.4. The SMILES string of the molecule is CN(C)c1ccc(C(NN)c2ccc(N(C)C)cc2)cc1. The highest BCUT2D eigenvalue weighted by Gasteiger charge is 2.12. The van der Waals surface area contributed by atoms with Crippen molar-refractivity contribution in [3.63, 3.8) is 0 Å². The fraction of sp³-hybridized carbons (Fsp3) is 0.294. The van der Waals surface area contributed by atoms with Gasteiger partial charge in [0.15, 0.2) is 0 Å². The molecule has 0 spiro atoms. The second-order valence-electron chi connectivity index (χ2n) is 5.57. The Hall–Kier alpha value is -2.04. The lowest BCUT2D eigenvalue weighted by molar-refractivity contribution is 0.637. The van der Waals surface area contributed by atoms with E-state index in [0.717, 1.165) is 11.1 Å². The molecule has 0 unspecified atom stereocenters. The van der Waals surface area contributed by atoms with Crippen molar-refractivity contribution >= 4 is 11.4 Å². The van der Waals surface area contributed by atoms with E-state index in [-0.39, 0.29) is 6.04 Å². The molecule has 0 amide bonds. The van der Waals surface area contributed by atoms with Gasteiger partial charge in [-0.2, -0.15) is 0 Å². The van der Waals surface area contributed by atoms with Crippen LogP contribution in [0, 0.1) is 0 Å². The highest BCUT2D eigenvalue weighted by Crippen LogP contribution is 2.25. The van der Waals surface area contributed by atoms with Gasteiger partial charge in [-0.25, -0.2) is 5.43 Å². The van der Waals surface area contributed by atoms with Crippen molar-refractivity contribution in [2.75, 3.05) is 38.0 Å². The van der Waals surface area contributed by atoms with Gasteiger partial charge in [0.05, 0.1) is 6.04 Å². The van der Waals surface area contributed by atoms with Crippen LogP contribution in [-0.2, 0) is 0 Å². The Labute approximate surface area is 127 Å². The molecule has 2 aromatic rings. The van der Waals surface area contributed by atoms with Crippen LogP contribution in [0.2, 0.25) is 0 Å². The van der Waals surface area contributed by atoms with E-state index in [0.29, 0.717) is 0 Å². The van der Waals surface area contributed by atoms with E-state index in [2.05, 4.69) is 63.8 Å². The maximum Gasteiger partial charge on any atom is 0.0710 e. The van der Waals surface area contributed by atoms with Crippen LogP contribution in [0.1, 0.15) is 17.2 Å². The number of nitrogens with zero attached hydrogens (tertiary/aromatic N) is 2. The minimum absolute atomic E-state index is 0.00238. The van der Waals surface area contributed by atoms with Crippen molar-refractivity contribution in [2.45, 2.75) is 6.04 Å². The molecule has 4 heteroatoms. The average Bonchev–Trinajstić information content (AvgIpc) is 2.49. The van der Waals surface area contributed by atoms with Crippen LogP contribution in [0.4, 0.5) is 11.4 Å². The highest BCUT2D eigenvalue weighted by molar-refractivity contribution is 5.50. The number of hydrazine groups is 1. The van der Waals surface area contributed by atoms with E-state index in [1.807, 2.05) is 28.2 Å². The number of nitrogens with one attached hydrogen (secondary N) is 1. The topological polar surface area (TPSA) is 44.5 Å². The van der Waals surface area contributed by atoms with Gasteiger partial charge in [-0.1, -0.05) is 24.3 Å². The van der Waals surface area contributed by atoms with Gasteiger partial charge < -0.3 is 9.80 Å². The number of nitrogens with two attached hydrogens (primary N) is 1. The monoisotopic (exact) mass is 284 g/mol. The molecule has 2 aromatic carbocycles. The first-order valence-corrected chi connectivity index (χ1v) is 7.03. The average molecular weight is 284 g/mol. The summed E-state index contributed by atoms with van der Waals surface area (Å²) in [4.78, 5) is 4.17. The first-order chi connectivity index (χ1) is 10.0. The second kappa shape index (κ2) is 6.61. The Morgan fingerprint density at radius 2 is 1.05 bits per heavy atom. The molecule has 2 rings (SSSR count). The summed E-state index contributed by atoms with van der Waals surface area (Å²) in [7, 11) is 8.14. The summed E-state index contributed by atoms with van der Waals surface area (Å²) in [5.41, 5.74) is 7.57. The summed E-state index contributed by atoms with van der Waals surface area (Å²) in [6, 6.07) is 16.9. The van der Waals surface area contributed by atoms with Crippen LogP contribution in [0.15, 0.2) is 48.5 Å². The molecular weight excluding hydrogens is 260 g/mol. The largest absolute Gasteiger partial charge is 0.378 e. The minimum Gasteiger partial charge on any atom is -0.378 e. The molecule has 0 aliphatic heterocycles. The molecule has 0 radical (unpaired) electrons. The van der Waals surface area contributed by atoms with E-state index in [1.165, 1.54) is 11.4 Å². The Morgan fingerprint density at radius 3 is 1.29 bits per heavy atom. The summed E-state index contributed by atoms with van der Waals surface area (Å²) in [5, 5.41) is 0. The number of anilines is 2. The molecule has 0 saturated heterocycles. The molecule has 0 saturated carbocycles. The van der Waals surface area contributed by atoms with Crippen LogP contribution < -0.4 is 21.1 Å². The molecule has 0 aliphatic carbocycles. The molecule has 0 fully saturated rings. The first kappa shape index (κ1) is 15.4. The Balaban J connectivity index is 2.26. The smallest absolute Gasteiger partial charge is 0.0710 e. The zero-order valence-corrected chi connectivity index (χ0v) is 13.2. The van der Waals surface area contributed by atoms with E-state index in [1.54, 1.807) is 0 Å². The molecule has 0 aliphatic rings. The standard InChI is InChI=1S/C17H24N4/c1-20(2)15-9-5-13(6-10-15)17(19-18)14-7-11-16(12-8-14)21(3)4/h5-12,17,19H,18H2,1-4H3. The van der Waals surface area contributed by atoms with Crippen LogP contribution in [0.5, 0.6) is 0 Å². The van der Waals surface area contributed by atoms with Crippen LogP contribution in [0.25, 0.3) is 0 Å². The Kier molecular flexibility index (Phi) is 4.83. The number of benzene rings is 2. The van der Waals surface area contributed by atoms with Crippen molar-refractivity contribution in [3.8, 4) is 0 Å². The van der Waals surface area contributed by atoms with Gasteiger partial charge in [-0.3, -0.25) is 5.84 Å². The highest BCUT2D eigenvalue weighted by atomic mass is 15.2. The lowest BCUT2D eigenvalue weighted by Gasteiger charge is -2.20. The normalized spacial score (nSPS) is 10.8. The maximum absolute atomic E-state index is 5.76. The number of hydrogen-bond donors (Lipinski definition) is 2. The first-order valence-electron chi connectivity index (χ1n) is 7.03. The predicted octanol–water partition coefficient (Wildman–Crippen LogP) is 2.37. The molecule has 0 bridgehead atoms. The van der Waals surface area contributed by atoms with Gasteiger partial charge in [0.1, 0.15) is 0 Å². The fourth-order valence-electron chi connectivity index (χ4n) is 2.31. The van der Waals surface area contributed by atoms with Gasteiger partial charge in [-0.05, 0) is 35.4 Å². The predicted molar refractivity (Wildman–Crippen MR) is 90.7 cm³/mol. The molecule has 0 atom stereocenters. The van der Waals surface area contributed by atoms with Crippen molar-refractivity contribution < 1.29 is 0 Å². The molecule has 0 aromatic heterocycles. The van der Waals surface area contributed by atoms with Gasteiger partial charge in [0.2, 0.25) is 0 Å². The van der Waals surface area contributed by atoms with Gasteiger partial charge >= 0.3 is 0 Å². The fourth-order valence-corrected chi connectivity index (χ4v) is 2.31. The maximum atomic E-state index is 5.76. The molecule has 3 N–H and O–H groups in total. The third-order valence-electron chi connectivity index (χ3n) is 3.65. The zero-order valence-electron chi connectivity index (χ0n) is 13.2. The van der Waals surface area contributed by atoms with Gasteiger partial charge in [0.25, 0.3) is 0 Å². The lowest BCUT2D eigenvalue weighted by atomic mass is 9.98. The molecule has 0 heterocycles. The second-order valence-corrected chi connectivity index (χ2v) is 5.57. The van der Waals surface area contributed by atoms with E-state index in [9.17, 15) is 0 Å². The number of rotatable bonds is 5. The summed E-state index contributed by atoms with van der Waals surface area (Å²) in [6.45, 7) is 0. The van der Waals surface area contributed by atoms with Crippen LogP contribution in [0.3, 0.4) is 0 Å². The quantitative estimate of drug-likeness (QED) is 0.653. The molecule has 21 heavy (non-hydrogen) atoms. The molecule has 4 nitrogen and oxygen atoms in total. The van der Waals surface area contributed by atoms with Crippen LogP contribution >= 0.6 is 0 Å². The van der Waals surface area contributed by atoms with E-state index >= 15 is 0 Å². The minimum atomic E-state index is -0.00238. The third kappa shape index (κ3) is 3.54. The van der Waals surface area contributed by atoms with E-state index in [4.69, 9.17) is 5.84 Å². The van der Waals surface area contributed by atoms with Crippen molar-refractivity contribution in [1.29, 1.82) is 0 Å². The van der Waals surface area contributed by atoms with Crippen molar-refractivity contribution in [3.05, 3.63) is 59.7 Å². The van der Waals surface area contributed by atoms with Gasteiger partial charge in [-0.15, -0.1) is 0 Å². The summed E-state index contributed by atoms with van der Waals surface area (Å²) >= 11 is 0. The number of hydrogen-bond acceptors (Lipinski definition) is 4. The Morgan fingerprint density at radius 1 is 0.714 bits per heavy atom. The summed E-state index contributed by atoms with van der Waals surface area (Å²) in [6.07, 6.45) is 0. The lowest BCUT2D eigenvalue weighted by Crippen LogP contribution is -2.28. The van der Waals surface area contributed by atoms with E-state index < -0.39 is 0 Å². The van der Waals surface area contributed by atoms with Crippen molar-refractivity contribution in [2.24, 2.45) is 5.84 Å². The summed E-state index contributed by atoms with van der Waals surface area (Å²) in [5.74, 6) is 5.76. The van der Waals surface area contributed by atoms with Crippen LogP contribution in [-0.4, -0.2) is 28.2 Å². The molecule has 112 valence electrons. The Bertz CT molecular complexity index is 507.